The molecule has 1 amide bonds. The number of esters is 1. The number of anilines is 1. The maximum absolute atomic E-state index is 12.6. The highest BCUT2D eigenvalue weighted by atomic mass is 16.6. The first kappa shape index (κ1) is 21.4. The summed E-state index contributed by atoms with van der Waals surface area (Å²) in [7, 11) is 1.42. The third-order valence-electron chi connectivity index (χ3n) is 4.42. The van der Waals surface area contributed by atoms with Crippen molar-refractivity contribution in [2.75, 3.05) is 12.4 Å². The number of nitrogens with zero attached hydrogens (tertiary/aromatic N) is 1. The molecule has 3 aromatic rings. The SMILES string of the molecule is COc1cc(/C=C(\C#N)C(=O)Nc2ccc(C)cc2C)ccc1OC(=O)c1ccco1. The van der Waals surface area contributed by atoms with E-state index in [-0.39, 0.29) is 22.8 Å². The summed E-state index contributed by atoms with van der Waals surface area (Å²) in [5.74, 6) is -0.695. The Bertz CT molecular complexity index is 1190. The Kier molecular flexibility index (Phi) is 6.53. The highest BCUT2D eigenvalue weighted by Crippen LogP contribution is 2.30. The van der Waals surface area contributed by atoms with Gasteiger partial charge in [0.25, 0.3) is 5.91 Å². The Balaban J connectivity index is 1.81. The van der Waals surface area contributed by atoms with Crippen molar-refractivity contribution >= 4 is 23.6 Å². The number of furan rings is 1. The summed E-state index contributed by atoms with van der Waals surface area (Å²) >= 11 is 0. The Labute approximate surface area is 179 Å². The van der Waals surface area contributed by atoms with Crippen LogP contribution in [0.15, 0.2) is 64.8 Å². The van der Waals surface area contributed by atoms with Crippen molar-refractivity contribution in [2.45, 2.75) is 13.8 Å². The molecule has 1 N–H and O–H groups in total. The summed E-state index contributed by atoms with van der Waals surface area (Å²) in [5, 5.41) is 12.2. The number of rotatable bonds is 6. The van der Waals surface area contributed by atoms with Crippen molar-refractivity contribution < 1.29 is 23.5 Å². The highest BCUT2D eigenvalue weighted by molar-refractivity contribution is 6.10. The molecule has 0 saturated carbocycles. The molecule has 0 aliphatic heterocycles. The van der Waals surface area contributed by atoms with Gasteiger partial charge in [-0.3, -0.25) is 4.79 Å². The number of hydrogen-bond acceptors (Lipinski definition) is 6. The van der Waals surface area contributed by atoms with Crippen LogP contribution in [0.4, 0.5) is 5.69 Å². The molecule has 2 aromatic carbocycles. The molecular weight excluding hydrogens is 396 g/mol. The van der Waals surface area contributed by atoms with E-state index in [0.717, 1.165) is 11.1 Å². The molecule has 156 valence electrons. The van der Waals surface area contributed by atoms with Crippen LogP contribution in [0.3, 0.4) is 0 Å². The summed E-state index contributed by atoms with van der Waals surface area (Å²) in [6.07, 6.45) is 2.80. The number of aryl methyl sites for hydroxylation is 2. The first-order valence-corrected chi connectivity index (χ1v) is 9.35. The third-order valence-corrected chi connectivity index (χ3v) is 4.42. The van der Waals surface area contributed by atoms with E-state index in [9.17, 15) is 14.9 Å². The van der Waals surface area contributed by atoms with Crippen LogP contribution in [-0.2, 0) is 4.79 Å². The molecule has 1 aromatic heterocycles. The van der Waals surface area contributed by atoms with E-state index in [1.165, 1.54) is 31.6 Å². The van der Waals surface area contributed by atoms with Gasteiger partial charge < -0.3 is 19.2 Å². The molecule has 0 spiro atoms. The van der Waals surface area contributed by atoms with Crippen molar-refractivity contribution in [2.24, 2.45) is 0 Å². The molecule has 7 heteroatoms. The van der Waals surface area contributed by atoms with Gasteiger partial charge >= 0.3 is 5.97 Å². The molecule has 0 aliphatic rings. The van der Waals surface area contributed by atoms with E-state index in [1.54, 1.807) is 24.3 Å². The first-order valence-electron chi connectivity index (χ1n) is 9.35. The fourth-order valence-corrected chi connectivity index (χ4v) is 2.86. The minimum atomic E-state index is -0.669. The van der Waals surface area contributed by atoms with Crippen LogP contribution in [0.1, 0.15) is 27.2 Å². The maximum atomic E-state index is 12.6. The average Bonchev–Trinajstić information content (AvgIpc) is 3.30. The monoisotopic (exact) mass is 416 g/mol. The van der Waals surface area contributed by atoms with Crippen LogP contribution in [0.5, 0.6) is 11.5 Å². The van der Waals surface area contributed by atoms with Crippen molar-refractivity contribution in [3.63, 3.8) is 0 Å². The Morgan fingerprint density at radius 1 is 1.10 bits per heavy atom. The lowest BCUT2D eigenvalue weighted by Crippen LogP contribution is -2.14. The van der Waals surface area contributed by atoms with Crippen molar-refractivity contribution in [1.82, 2.24) is 0 Å². The Morgan fingerprint density at radius 2 is 1.90 bits per heavy atom. The van der Waals surface area contributed by atoms with E-state index < -0.39 is 11.9 Å². The molecule has 0 aliphatic carbocycles. The summed E-state index contributed by atoms with van der Waals surface area (Å²) in [5.41, 5.74) is 3.06. The van der Waals surface area contributed by atoms with Crippen LogP contribution < -0.4 is 14.8 Å². The molecule has 0 atom stereocenters. The topological polar surface area (TPSA) is 102 Å². The minimum Gasteiger partial charge on any atom is -0.493 e. The number of benzene rings is 2. The molecular formula is C24H20N2O5. The number of carbonyl (C=O) groups is 2. The lowest BCUT2D eigenvalue weighted by atomic mass is 10.1. The average molecular weight is 416 g/mol. The van der Waals surface area contributed by atoms with Crippen LogP contribution in [-0.4, -0.2) is 19.0 Å². The van der Waals surface area contributed by atoms with Crippen LogP contribution >= 0.6 is 0 Å². The molecule has 0 fully saturated rings. The lowest BCUT2D eigenvalue weighted by Gasteiger charge is -2.10. The molecule has 0 unspecified atom stereocenters. The summed E-state index contributed by atoms with van der Waals surface area (Å²) in [6, 6.07) is 15.3. The van der Waals surface area contributed by atoms with Gasteiger partial charge in [0.15, 0.2) is 11.5 Å². The fourth-order valence-electron chi connectivity index (χ4n) is 2.86. The molecule has 0 radical (unpaired) electrons. The normalized spacial score (nSPS) is 10.8. The standard InChI is InChI=1S/C24H20N2O5/c1-15-6-8-19(16(2)11-15)26-23(27)18(14-25)12-17-7-9-20(22(13-17)29-3)31-24(28)21-5-4-10-30-21/h4-13H,1-3H3,(H,26,27)/b18-12+. The van der Waals surface area contributed by atoms with Gasteiger partial charge in [-0.1, -0.05) is 23.8 Å². The predicted molar refractivity (Wildman–Crippen MR) is 115 cm³/mol. The zero-order valence-electron chi connectivity index (χ0n) is 17.3. The summed E-state index contributed by atoms with van der Waals surface area (Å²) in [6.45, 7) is 3.84. The number of ether oxygens (including phenoxy) is 2. The van der Waals surface area contributed by atoms with E-state index in [4.69, 9.17) is 13.9 Å². The largest absolute Gasteiger partial charge is 0.493 e. The number of methoxy groups -OCH3 is 1. The van der Waals surface area contributed by atoms with Gasteiger partial charge in [-0.25, -0.2) is 4.79 Å². The third kappa shape index (κ3) is 5.19. The van der Waals surface area contributed by atoms with Crippen molar-refractivity contribution in [3.05, 3.63) is 82.8 Å². The zero-order valence-corrected chi connectivity index (χ0v) is 17.3. The molecule has 3 rings (SSSR count). The molecule has 7 nitrogen and oxygen atoms in total. The molecule has 0 bridgehead atoms. The van der Waals surface area contributed by atoms with Gasteiger partial charge in [-0.05, 0) is 61.4 Å². The van der Waals surface area contributed by atoms with E-state index in [0.29, 0.717) is 11.3 Å². The molecule has 31 heavy (non-hydrogen) atoms. The maximum Gasteiger partial charge on any atom is 0.379 e. The van der Waals surface area contributed by atoms with Gasteiger partial charge in [-0.2, -0.15) is 5.26 Å². The van der Waals surface area contributed by atoms with E-state index in [2.05, 4.69) is 5.32 Å². The predicted octanol–water partition coefficient (Wildman–Crippen LogP) is 4.67. The van der Waals surface area contributed by atoms with Gasteiger partial charge in [0, 0.05) is 5.69 Å². The highest BCUT2D eigenvalue weighted by Gasteiger charge is 2.16. The van der Waals surface area contributed by atoms with Crippen molar-refractivity contribution in [1.29, 1.82) is 5.26 Å². The number of carbonyl (C=O) groups excluding carboxylic acids is 2. The quantitative estimate of drug-likeness (QED) is 0.271. The fraction of sp³-hybridized carbons (Fsp3) is 0.125. The van der Waals surface area contributed by atoms with E-state index in [1.807, 2.05) is 32.0 Å². The second kappa shape index (κ2) is 9.46. The first-order chi connectivity index (χ1) is 14.9. The Morgan fingerprint density at radius 3 is 2.55 bits per heavy atom. The Hall–Kier alpha value is -4.31. The van der Waals surface area contributed by atoms with Gasteiger partial charge in [0.1, 0.15) is 11.6 Å². The van der Waals surface area contributed by atoms with Crippen LogP contribution in [0, 0.1) is 25.2 Å². The lowest BCUT2D eigenvalue weighted by molar-refractivity contribution is -0.112. The second-order valence-electron chi connectivity index (χ2n) is 6.72. The smallest absolute Gasteiger partial charge is 0.379 e. The van der Waals surface area contributed by atoms with Crippen molar-refractivity contribution in [3.8, 4) is 17.6 Å². The zero-order chi connectivity index (χ0) is 22.4. The van der Waals surface area contributed by atoms with Crippen LogP contribution in [0.25, 0.3) is 6.08 Å². The van der Waals surface area contributed by atoms with Gasteiger partial charge in [-0.15, -0.1) is 0 Å². The minimum absolute atomic E-state index is 0.0564. The number of nitrogens with one attached hydrogen (secondary N) is 1. The number of amides is 1. The number of hydrogen-bond donors (Lipinski definition) is 1. The van der Waals surface area contributed by atoms with Gasteiger partial charge in [0.05, 0.1) is 13.4 Å². The molecule has 1 heterocycles. The second-order valence-corrected chi connectivity index (χ2v) is 6.72. The van der Waals surface area contributed by atoms with Crippen LogP contribution in [0.2, 0.25) is 0 Å². The molecule has 0 saturated heterocycles. The van der Waals surface area contributed by atoms with Gasteiger partial charge in [0.2, 0.25) is 5.76 Å². The summed E-state index contributed by atoms with van der Waals surface area (Å²) in [4.78, 5) is 24.7. The number of nitriles is 1. The van der Waals surface area contributed by atoms with E-state index >= 15 is 0 Å². The summed E-state index contributed by atoms with van der Waals surface area (Å²) < 4.78 is 15.6.